The molecule has 3 rings (SSSR count). The molecule has 9 heteroatoms. The minimum atomic E-state index is -0.789. The molecule has 2 amide bonds. The van der Waals surface area contributed by atoms with Crippen molar-refractivity contribution in [3.63, 3.8) is 0 Å². The van der Waals surface area contributed by atoms with E-state index in [2.05, 4.69) is 20.8 Å². The van der Waals surface area contributed by atoms with E-state index in [0.717, 1.165) is 5.69 Å². The van der Waals surface area contributed by atoms with Gasteiger partial charge in [-0.3, -0.25) is 19.8 Å². The third-order valence-corrected chi connectivity index (χ3v) is 4.52. The first-order chi connectivity index (χ1) is 11.9. The number of fused-ring (bicyclic) bond motifs is 1. The lowest BCUT2D eigenvalue weighted by molar-refractivity contribution is -0.124. The molecule has 0 saturated heterocycles. The Morgan fingerprint density at radius 2 is 2.12 bits per heavy atom. The van der Waals surface area contributed by atoms with Gasteiger partial charge in [-0.05, 0) is 26.0 Å². The number of hydrogen-bond acceptors (Lipinski definition) is 7. The van der Waals surface area contributed by atoms with Crippen LogP contribution >= 0.6 is 11.3 Å². The number of para-hydroxylation sites is 2. The Hall–Kier alpha value is -2.52. The van der Waals surface area contributed by atoms with Crippen LogP contribution in [0.2, 0.25) is 0 Å². The van der Waals surface area contributed by atoms with Crippen LogP contribution < -0.4 is 15.5 Å². The molecule has 25 heavy (non-hydrogen) atoms. The number of methoxy groups -OCH3 is 1. The van der Waals surface area contributed by atoms with Gasteiger partial charge in [0.15, 0.2) is 0 Å². The van der Waals surface area contributed by atoms with Crippen LogP contribution in [-0.4, -0.2) is 41.2 Å². The van der Waals surface area contributed by atoms with Crippen molar-refractivity contribution in [2.45, 2.75) is 26.0 Å². The number of ether oxygens (including phenoxy) is 1. The zero-order valence-electron chi connectivity index (χ0n) is 14.2. The number of rotatable bonds is 5. The first-order valence-corrected chi connectivity index (χ1v) is 8.53. The number of anilines is 3. The second-order valence-electron chi connectivity index (χ2n) is 6.14. The van der Waals surface area contributed by atoms with Gasteiger partial charge in [0, 0.05) is 7.11 Å². The predicted molar refractivity (Wildman–Crippen MR) is 95.7 cm³/mol. The Balaban J connectivity index is 1.76. The maximum Gasteiger partial charge on any atom is 0.252 e. The molecule has 0 fully saturated rings. The Morgan fingerprint density at radius 3 is 2.88 bits per heavy atom. The molecule has 0 spiro atoms. The van der Waals surface area contributed by atoms with Gasteiger partial charge >= 0.3 is 0 Å². The van der Waals surface area contributed by atoms with Crippen molar-refractivity contribution in [3.05, 3.63) is 29.3 Å². The maximum atomic E-state index is 12.7. The number of benzene rings is 1. The van der Waals surface area contributed by atoms with E-state index in [4.69, 9.17) is 4.74 Å². The summed E-state index contributed by atoms with van der Waals surface area (Å²) in [5, 5.41) is 14.8. The van der Waals surface area contributed by atoms with Gasteiger partial charge in [-0.25, -0.2) is 0 Å². The van der Waals surface area contributed by atoms with Gasteiger partial charge in [-0.1, -0.05) is 23.5 Å². The van der Waals surface area contributed by atoms with Gasteiger partial charge in [0.1, 0.15) is 23.7 Å². The van der Waals surface area contributed by atoms with E-state index < -0.39 is 5.54 Å². The van der Waals surface area contributed by atoms with Crippen LogP contribution in [0.25, 0.3) is 0 Å². The fourth-order valence-corrected chi connectivity index (χ4v) is 3.33. The largest absolute Gasteiger partial charge is 0.377 e. The molecule has 132 valence electrons. The van der Waals surface area contributed by atoms with Crippen molar-refractivity contribution in [2.75, 3.05) is 29.2 Å². The van der Waals surface area contributed by atoms with Crippen molar-refractivity contribution in [1.29, 1.82) is 0 Å². The zero-order chi connectivity index (χ0) is 18.0. The topological polar surface area (TPSA) is 96.5 Å². The summed E-state index contributed by atoms with van der Waals surface area (Å²) in [4.78, 5) is 26.6. The van der Waals surface area contributed by atoms with Crippen LogP contribution in [0.3, 0.4) is 0 Å². The smallest absolute Gasteiger partial charge is 0.252 e. The van der Waals surface area contributed by atoms with Crippen molar-refractivity contribution in [3.8, 4) is 0 Å². The number of carbonyl (C=O) groups is 2. The molecule has 1 aromatic carbocycles. The first-order valence-electron chi connectivity index (χ1n) is 7.71. The average Bonchev–Trinajstić information content (AvgIpc) is 2.99. The molecule has 1 aromatic heterocycles. The molecule has 0 unspecified atom stereocenters. The lowest BCUT2D eigenvalue weighted by Gasteiger charge is -2.39. The lowest BCUT2D eigenvalue weighted by atomic mass is 9.98. The summed E-state index contributed by atoms with van der Waals surface area (Å²) in [7, 11) is 1.56. The Labute approximate surface area is 149 Å². The van der Waals surface area contributed by atoms with Gasteiger partial charge in [-0.2, -0.15) is 0 Å². The molecular formula is C16H19N5O3S. The molecule has 2 N–H and O–H groups in total. The highest BCUT2D eigenvalue weighted by Crippen LogP contribution is 2.34. The molecule has 0 saturated carbocycles. The van der Waals surface area contributed by atoms with Gasteiger partial charge in [-0.15, -0.1) is 10.2 Å². The molecular weight excluding hydrogens is 342 g/mol. The van der Waals surface area contributed by atoms with Crippen LogP contribution in [0.15, 0.2) is 24.3 Å². The summed E-state index contributed by atoms with van der Waals surface area (Å²) in [6, 6.07) is 7.41. The van der Waals surface area contributed by atoms with Crippen LogP contribution in [0.1, 0.15) is 18.9 Å². The van der Waals surface area contributed by atoms with Crippen molar-refractivity contribution in [1.82, 2.24) is 10.2 Å². The maximum absolute atomic E-state index is 12.7. The molecule has 2 aromatic rings. The van der Waals surface area contributed by atoms with Crippen LogP contribution in [0, 0.1) is 0 Å². The molecule has 0 radical (unpaired) electrons. The molecule has 8 nitrogen and oxygen atoms in total. The standard InChI is InChI=1S/C16H19N5O3S/c1-16(2)14(23)21(11-7-5-4-6-10(11)18-16)8-12(22)17-15-20-19-13(25-15)9-24-3/h4-7,18H,8-9H2,1-3H3,(H,17,20,22). The summed E-state index contributed by atoms with van der Waals surface area (Å²) in [6.45, 7) is 3.82. The summed E-state index contributed by atoms with van der Waals surface area (Å²) < 4.78 is 4.98. The summed E-state index contributed by atoms with van der Waals surface area (Å²) in [5.74, 6) is -0.500. The van der Waals surface area contributed by atoms with Gasteiger partial charge in [0.05, 0.1) is 11.4 Å². The number of carbonyl (C=O) groups excluding carboxylic acids is 2. The number of nitrogens with zero attached hydrogens (tertiary/aromatic N) is 3. The van der Waals surface area contributed by atoms with Crippen LogP contribution in [0.5, 0.6) is 0 Å². The highest BCUT2D eigenvalue weighted by Gasteiger charge is 2.39. The zero-order valence-corrected chi connectivity index (χ0v) is 15.0. The van der Waals surface area contributed by atoms with E-state index in [0.29, 0.717) is 22.4 Å². The SMILES string of the molecule is COCc1nnc(NC(=O)CN2C(=O)C(C)(C)Nc3ccccc32)s1. The molecule has 0 aliphatic carbocycles. The van der Waals surface area contributed by atoms with E-state index in [1.54, 1.807) is 21.0 Å². The minimum absolute atomic E-state index is 0.0971. The molecule has 0 bridgehead atoms. The lowest BCUT2D eigenvalue weighted by Crippen LogP contribution is -2.55. The minimum Gasteiger partial charge on any atom is -0.377 e. The van der Waals surface area contributed by atoms with Gasteiger partial charge < -0.3 is 10.1 Å². The highest BCUT2D eigenvalue weighted by atomic mass is 32.1. The molecule has 1 aliphatic heterocycles. The summed E-state index contributed by atoms with van der Waals surface area (Å²) in [5.41, 5.74) is 0.709. The van der Waals surface area contributed by atoms with Crippen LogP contribution in [0.4, 0.5) is 16.5 Å². The fraction of sp³-hybridized carbons (Fsp3) is 0.375. The monoisotopic (exact) mass is 361 g/mol. The van der Waals surface area contributed by atoms with Crippen LogP contribution in [-0.2, 0) is 20.9 Å². The quantitative estimate of drug-likeness (QED) is 0.844. The summed E-state index contributed by atoms with van der Waals surface area (Å²) >= 11 is 1.24. The third kappa shape index (κ3) is 3.62. The summed E-state index contributed by atoms with van der Waals surface area (Å²) in [6.07, 6.45) is 0. The van der Waals surface area contributed by atoms with E-state index in [1.807, 2.05) is 24.3 Å². The average molecular weight is 361 g/mol. The van der Waals surface area contributed by atoms with Gasteiger partial charge in [0.25, 0.3) is 5.91 Å². The van der Waals surface area contributed by atoms with Crippen molar-refractivity contribution >= 4 is 39.7 Å². The number of amides is 2. The van der Waals surface area contributed by atoms with Crippen molar-refractivity contribution < 1.29 is 14.3 Å². The first kappa shape index (κ1) is 17.3. The molecule has 2 heterocycles. The third-order valence-electron chi connectivity index (χ3n) is 3.70. The normalized spacial score (nSPS) is 15.5. The van der Waals surface area contributed by atoms with E-state index in [1.165, 1.54) is 16.2 Å². The Morgan fingerprint density at radius 1 is 1.36 bits per heavy atom. The Bertz CT molecular complexity index is 805. The van der Waals surface area contributed by atoms with E-state index >= 15 is 0 Å². The molecule has 1 aliphatic rings. The highest BCUT2D eigenvalue weighted by molar-refractivity contribution is 7.15. The van der Waals surface area contributed by atoms with Gasteiger partial charge in [0.2, 0.25) is 11.0 Å². The molecule has 0 atom stereocenters. The second-order valence-corrected chi connectivity index (χ2v) is 7.20. The number of nitrogens with one attached hydrogen (secondary N) is 2. The number of aromatic nitrogens is 2. The van der Waals surface area contributed by atoms with E-state index in [9.17, 15) is 9.59 Å². The van der Waals surface area contributed by atoms with E-state index in [-0.39, 0.29) is 18.4 Å². The van der Waals surface area contributed by atoms with Crippen molar-refractivity contribution in [2.24, 2.45) is 0 Å². The predicted octanol–water partition coefficient (Wildman–Crippen LogP) is 1.86. The fourth-order valence-electron chi connectivity index (χ4n) is 2.60. The second kappa shape index (κ2) is 6.77. The Kier molecular flexibility index (Phi) is 4.69. The number of hydrogen-bond donors (Lipinski definition) is 2.